The normalized spacial score (nSPS) is 12.3. The first-order valence-corrected chi connectivity index (χ1v) is 26.3. The third-order valence-corrected chi connectivity index (χ3v) is 12.9. The van der Waals surface area contributed by atoms with E-state index in [0.29, 0.717) is 0 Å². The van der Waals surface area contributed by atoms with Crippen molar-refractivity contribution in [2.75, 3.05) is 0 Å². The molecular formula is C53H108. The highest BCUT2D eigenvalue weighted by Crippen LogP contribution is 2.25. The molecule has 0 aromatic heterocycles. The number of unbranched alkanes of at least 4 members (excludes halogenated alkanes) is 43. The fraction of sp³-hybridized carbons (Fsp3) is 1.00. The third-order valence-electron chi connectivity index (χ3n) is 12.9. The molecule has 0 aromatic rings. The van der Waals surface area contributed by atoms with E-state index in [9.17, 15) is 0 Å². The number of hydrogen-bond donors (Lipinski definition) is 0. The molecule has 0 radical (unpaired) electrons. The van der Waals surface area contributed by atoms with Gasteiger partial charge in [0.2, 0.25) is 0 Å². The lowest BCUT2D eigenvalue weighted by atomic mass is 9.89. The van der Waals surface area contributed by atoms with Gasteiger partial charge in [-0.3, -0.25) is 0 Å². The zero-order chi connectivity index (χ0) is 38.2. The Kier molecular flexibility index (Phi) is 50.0. The van der Waals surface area contributed by atoms with Crippen LogP contribution in [0.25, 0.3) is 0 Å². The predicted octanol–water partition coefficient (Wildman–Crippen LogP) is 20.8. The van der Waals surface area contributed by atoms with Crippen LogP contribution in [0.4, 0.5) is 0 Å². The molecule has 0 aromatic carbocycles. The van der Waals surface area contributed by atoms with Gasteiger partial charge in [-0.2, -0.15) is 0 Å². The standard InChI is InChI=1S/C53H108/c1-4-7-10-13-15-17-19-21-23-25-27-28-29-30-32-34-36-38-40-42-44-46-49-52-53(50-47-12-9-6-3)51-48-45-43-41-39-37-35-33-31-26-24-22-20-18-16-14-11-8-5-2/h53H,4-52H2,1-3H3. The molecule has 53 heavy (non-hydrogen) atoms. The molecule has 0 aliphatic rings. The molecular weight excluding hydrogens is 637 g/mol. The van der Waals surface area contributed by atoms with Crippen molar-refractivity contribution in [3.8, 4) is 0 Å². The van der Waals surface area contributed by atoms with Crippen LogP contribution in [0.5, 0.6) is 0 Å². The van der Waals surface area contributed by atoms with E-state index < -0.39 is 0 Å². The summed E-state index contributed by atoms with van der Waals surface area (Å²) >= 11 is 0. The maximum absolute atomic E-state index is 2.36. The highest BCUT2D eigenvalue weighted by atomic mass is 14.1. The Morgan fingerprint density at radius 3 is 0.415 bits per heavy atom. The molecule has 0 heterocycles. The minimum Gasteiger partial charge on any atom is -0.0654 e. The van der Waals surface area contributed by atoms with Crippen LogP contribution in [0.1, 0.15) is 335 Å². The predicted molar refractivity (Wildman–Crippen MR) is 247 cm³/mol. The second kappa shape index (κ2) is 50.0. The van der Waals surface area contributed by atoms with Crippen molar-refractivity contribution in [2.45, 2.75) is 335 Å². The first-order valence-electron chi connectivity index (χ1n) is 26.3. The maximum Gasteiger partial charge on any atom is -0.0414 e. The molecule has 320 valence electrons. The summed E-state index contributed by atoms with van der Waals surface area (Å²) in [6, 6.07) is 0. The lowest BCUT2D eigenvalue weighted by Crippen LogP contribution is -2.01. The zero-order valence-corrected chi connectivity index (χ0v) is 38.2. The van der Waals surface area contributed by atoms with Crippen LogP contribution in [0, 0.1) is 5.92 Å². The molecule has 0 N–H and O–H groups in total. The summed E-state index contributed by atoms with van der Waals surface area (Å²) in [6.45, 7) is 6.99. The largest absolute Gasteiger partial charge is 0.0654 e. The Morgan fingerprint density at radius 2 is 0.264 bits per heavy atom. The van der Waals surface area contributed by atoms with Gasteiger partial charge >= 0.3 is 0 Å². The van der Waals surface area contributed by atoms with E-state index in [1.54, 1.807) is 0 Å². The summed E-state index contributed by atoms with van der Waals surface area (Å²) < 4.78 is 0. The second-order valence-corrected chi connectivity index (χ2v) is 18.4. The quantitative estimate of drug-likeness (QED) is 0.0544. The summed E-state index contributed by atoms with van der Waals surface area (Å²) in [7, 11) is 0. The molecule has 0 saturated heterocycles. The van der Waals surface area contributed by atoms with Gasteiger partial charge in [-0.05, 0) is 5.92 Å². The van der Waals surface area contributed by atoms with E-state index in [2.05, 4.69) is 20.8 Å². The zero-order valence-electron chi connectivity index (χ0n) is 38.2. The minimum absolute atomic E-state index is 1.03. The summed E-state index contributed by atoms with van der Waals surface area (Å²) in [6.07, 6.45) is 72.8. The lowest BCUT2D eigenvalue weighted by molar-refractivity contribution is 0.366. The highest BCUT2D eigenvalue weighted by molar-refractivity contribution is 4.62. The maximum atomic E-state index is 2.36. The third kappa shape index (κ3) is 48.1. The van der Waals surface area contributed by atoms with Gasteiger partial charge in [0, 0.05) is 0 Å². The van der Waals surface area contributed by atoms with E-state index in [1.165, 1.54) is 315 Å². The van der Waals surface area contributed by atoms with Gasteiger partial charge in [0.05, 0.1) is 0 Å². The van der Waals surface area contributed by atoms with Crippen LogP contribution >= 0.6 is 0 Å². The van der Waals surface area contributed by atoms with Crippen LogP contribution < -0.4 is 0 Å². The van der Waals surface area contributed by atoms with Gasteiger partial charge in [-0.25, -0.2) is 0 Å². The van der Waals surface area contributed by atoms with Gasteiger partial charge < -0.3 is 0 Å². The monoisotopic (exact) mass is 745 g/mol. The second-order valence-electron chi connectivity index (χ2n) is 18.4. The van der Waals surface area contributed by atoms with Crippen molar-refractivity contribution in [1.29, 1.82) is 0 Å². The minimum atomic E-state index is 1.03. The van der Waals surface area contributed by atoms with E-state index in [-0.39, 0.29) is 0 Å². The molecule has 0 aliphatic heterocycles. The molecule has 0 spiro atoms. The van der Waals surface area contributed by atoms with Gasteiger partial charge in [0.25, 0.3) is 0 Å². The average molecular weight is 745 g/mol. The summed E-state index contributed by atoms with van der Waals surface area (Å²) in [5.41, 5.74) is 0. The summed E-state index contributed by atoms with van der Waals surface area (Å²) in [5, 5.41) is 0. The molecule has 1 unspecified atom stereocenters. The Hall–Kier alpha value is 0. The number of hydrogen-bond acceptors (Lipinski definition) is 0. The highest BCUT2D eigenvalue weighted by Gasteiger charge is 2.09. The topological polar surface area (TPSA) is 0 Å². The summed E-state index contributed by atoms with van der Waals surface area (Å²) in [4.78, 5) is 0. The Balaban J connectivity index is 3.53. The molecule has 0 heteroatoms. The molecule has 0 nitrogen and oxygen atoms in total. The van der Waals surface area contributed by atoms with Crippen molar-refractivity contribution < 1.29 is 0 Å². The average Bonchev–Trinajstić information content (AvgIpc) is 3.17. The van der Waals surface area contributed by atoms with Crippen LogP contribution in [0.15, 0.2) is 0 Å². The van der Waals surface area contributed by atoms with Crippen molar-refractivity contribution in [2.24, 2.45) is 5.92 Å². The fourth-order valence-electron chi connectivity index (χ4n) is 9.02. The molecule has 1 atom stereocenters. The van der Waals surface area contributed by atoms with Gasteiger partial charge in [-0.1, -0.05) is 335 Å². The van der Waals surface area contributed by atoms with Crippen LogP contribution in [0.3, 0.4) is 0 Å². The lowest BCUT2D eigenvalue weighted by Gasteiger charge is -2.17. The van der Waals surface area contributed by atoms with E-state index in [1.807, 2.05) is 0 Å². The first kappa shape index (κ1) is 53.0. The van der Waals surface area contributed by atoms with Crippen molar-refractivity contribution >= 4 is 0 Å². The van der Waals surface area contributed by atoms with Gasteiger partial charge in [-0.15, -0.1) is 0 Å². The van der Waals surface area contributed by atoms with E-state index in [0.717, 1.165) is 5.92 Å². The SMILES string of the molecule is CCCCCCCCCCCCCCCCCCCCCCCCCC(CCCCCC)CCCCCCCCCCCCCCCCCCCCC. The Labute approximate surface area is 340 Å². The summed E-state index contributed by atoms with van der Waals surface area (Å²) in [5.74, 6) is 1.03. The van der Waals surface area contributed by atoms with Crippen molar-refractivity contribution in [1.82, 2.24) is 0 Å². The molecule has 0 saturated carbocycles. The van der Waals surface area contributed by atoms with E-state index >= 15 is 0 Å². The van der Waals surface area contributed by atoms with Gasteiger partial charge in [0.15, 0.2) is 0 Å². The van der Waals surface area contributed by atoms with Crippen molar-refractivity contribution in [3.63, 3.8) is 0 Å². The number of rotatable bonds is 49. The molecule has 0 bridgehead atoms. The molecule has 0 fully saturated rings. The first-order chi connectivity index (χ1) is 26.3. The Morgan fingerprint density at radius 1 is 0.151 bits per heavy atom. The van der Waals surface area contributed by atoms with Crippen LogP contribution in [-0.4, -0.2) is 0 Å². The van der Waals surface area contributed by atoms with E-state index in [4.69, 9.17) is 0 Å². The molecule has 0 amide bonds. The molecule has 0 aliphatic carbocycles. The smallest absolute Gasteiger partial charge is 0.0414 e. The van der Waals surface area contributed by atoms with Crippen LogP contribution in [0.2, 0.25) is 0 Å². The van der Waals surface area contributed by atoms with Gasteiger partial charge in [0.1, 0.15) is 0 Å². The van der Waals surface area contributed by atoms with Crippen molar-refractivity contribution in [3.05, 3.63) is 0 Å². The van der Waals surface area contributed by atoms with Crippen LogP contribution in [-0.2, 0) is 0 Å². The fourth-order valence-corrected chi connectivity index (χ4v) is 9.02. The molecule has 0 rings (SSSR count). The Bertz CT molecular complexity index is 593.